The highest BCUT2D eigenvalue weighted by atomic mass is 31.2. The third-order valence-electron chi connectivity index (χ3n) is 1.44. The summed E-state index contributed by atoms with van der Waals surface area (Å²) in [4.78, 5) is 16.5. The van der Waals surface area contributed by atoms with Crippen LogP contribution in [0.15, 0.2) is 0 Å². The second-order valence-corrected chi connectivity index (χ2v) is 3.95. The van der Waals surface area contributed by atoms with Gasteiger partial charge in [0.1, 0.15) is 6.10 Å². The minimum Gasteiger partial charge on any atom is -0.390 e. The molecule has 0 aromatic heterocycles. The van der Waals surface area contributed by atoms with Crippen molar-refractivity contribution in [3.63, 3.8) is 0 Å². The van der Waals surface area contributed by atoms with E-state index in [1.54, 1.807) is 0 Å². The van der Waals surface area contributed by atoms with Crippen molar-refractivity contribution in [1.29, 1.82) is 0 Å². The van der Waals surface area contributed by atoms with Crippen LogP contribution in [0.4, 0.5) is 0 Å². The maximum atomic E-state index is 10.2. The lowest BCUT2D eigenvalue weighted by molar-refractivity contribution is -0.0174. The quantitative estimate of drug-likeness (QED) is 0.449. The minimum absolute atomic E-state index is 0.367. The minimum atomic E-state index is -4.55. The molecule has 0 bridgehead atoms. The second kappa shape index (κ2) is 5.70. The zero-order chi connectivity index (χ0) is 10.5. The molecule has 0 aliphatic rings. The first-order chi connectivity index (χ1) is 5.87. The first kappa shape index (κ1) is 13.0. The van der Waals surface area contributed by atoms with Crippen LogP contribution in [-0.2, 0) is 9.09 Å². The van der Waals surface area contributed by atoms with E-state index < -0.39 is 26.6 Å². The van der Waals surface area contributed by atoms with Gasteiger partial charge in [0.25, 0.3) is 0 Å². The van der Waals surface area contributed by atoms with Gasteiger partial charge in [0.2, 0.25) is 0 Å². The van der Waals surface area contributed by atoms with Crippen LogP contribution in [0.25, 0.3) is 0 Å². The van der Waals surface area contributed by atoms with E-state index in [4.69, 9.17) is 20.0 Å². The van der Waals surface area contributed by atoms with Gasteiger partial charge in [-0.3, -0.25) is 4.52 Å². The van der Waals surface area contributed by atoms with Crippen molar-refractivity contribution in [2.24, 2.45) is 0 Å². The van der Waals surface area contributed by atoms with E-state index in [1.165, 1.54) is 0 Å². The molecule has 0 radical (unpaired) electrons. The van der Waals surface area contributed by atoms with E-state index in [1.807, 2.05) is 6.92 Å². The van der Waals surface area contributed by atoms with Gasteiger partial charge in [-0.2, -0.15) is 0 Å². The normalized spacial score (nSPS) is 17.0. The molecule has 80 valence electrons. The van der Waals surface area contributed by atoms with Crippen molar-refractivity contribution in [3.05, 3.63) is 0 Å². The van der Waals surface area contributed by atoms with Gasteiger partial charge in [-0.05, 0) is 6.42 Å². The third-order valence-corrected chi connectivity index (χ3v) is 1.93. The van der Waals surface area contributed by atoms with Gasteiger partial charge in [0, 0.05) is 0 Å². The molecule has 0 rings (SSSR count). The summed E-state index contributed by atoms with van der Waals surface area (Å²) in [6.45, 7) is 1.26. The van der Waals surface area contributed by atoms with Crippen LogP contribution in [0.5, 0.6) is 0 Å². The number of hydrogen-bond donors (Lipinski definition) is 4. The Bertz CT molecular complexity index is 178. The number of hydrogen-bond acceptors (Lipinski definition) is 4. The van der Waals surface area contributed by atoms with Crippen molar-refractivity contribution < 1.29 is 29.1 Å². The van der Waals surface area contributed by atoms with Crippen LogP contribution in [0.1, 0.15) is 19.8 Å². The van der Waals surface area contributed by atoms with Gasteiger partial charge in [-0.1, -0.05) is 13.3 Å². The van der Waals surface area contributed by atoms with Crippen LogP contribution >= 0.6 is 7.82 Å². The van der Waals surface area contributed by atoms with Crippen LogP contribution in [0, 0.1) is 0 Å². The molecule has 0 aliphatic carbocycles. The van der Waals surface area contributed by atoms with E-state index in [-0.39, 0.29) is 0 Å². The summed E-state index contributed by atoms with van der Waals surface area (Å²) < 4.78 is 14.2. The molecule has 0 aromatic carbocycles. The predicted octanol–water partition coefficient (Wildman–Crippen LogP) is -0.382. The van der Waals surface area contributed by atoms with Gasteiger partial charge in [-0.15, -0.1) is 0 Å². The van der Waals surface area contributed by atoms with Gasteiger partial charge in [0.15, 0.2) is 0 Å². The summed E-state index contributed by atoms with van der Waals surface area (Å²) in [5, 5.41) is 18.2. The molecule has 0 heterocycles. The smallest absolute Gasteiger partial charge is 0.390 e. The summed E-state index contributed by atoms with van der Waals surface area (Å²) in [6.07, 6.45) is -1.22. The predicted molar refractivity (Wildman–Crippen MR) is 44.9 cm³/mol. The van der Waals surface area contributed by atoms with Gasteiger partial charge in [-0.25, -0.2) is 4.57 Å². The molecule has 0 aliphatic heterocycles. The van der Waals surface area contributed by atoms with Crippen LogP contribution in [0.2, 0.25) is 0 Å². The van der Waals surface area contributed by atoms with Crippen molar-refractivity contribution >= 4 is 7.82 Å². The summed E-state index contributed by atoms with van der Waals surface area (Å²) in [6, 6.07) is 0. The molecule has 0 amide bonds. The van der Waals surface area contributed by atoms with Gasteiger partial charge in [0.05, 0.1) is 12.7 Å². The Labute approximate surface area is 76.4 Å². The number of aliphatic hydroxyl groups excluding tert-OH is 2. The number of phosphoric acid groups is 1. The Kier molecular flexibility index (Phi) is 5.71. The van der Waals surface area contributed by atoms with Crippen molar-refractivity contribution in [3.8, 4) is 0 Å². The molecule has 0 fully saturated rings. The zero-order valence-electron chi connectivity index (χ0n) is 7.33. The fourth-order valence-corrected chi connectivity index (χ4v) is 1.12. The summed E-state index contributed by atoms with van der Waals surface area (Å²) in [7, 11) is -4.55. The third kappa shape index (κ3) is 7.13. The Morgan fingerprint density at radius 1 is 1.31 bits per heavy atom. The second-order valence-electron chi connectivity index (χ2n) is 2.71. The van der Waals surface area contributed by atoms with E-state index >= 15 is 0 Å². The summed E-state index contributed by atoms with van der Waals surface area (Å²) in [5.41, 5.74) is 0. The molecule has 6 nitrogen and oxygen atoms in total. The first-order valence-corrected chi connectivity index (χ1v) is 5.46. The highest BCUT2D eigenvalue weighted by molar-refractivity contribution is 7.46. The topological polar surface area (TPSA) is 107 Å². The van der Waals surface area contributed by atoms with Crippen LogP contribution < -0.4 is 0 Å². The van der Waals surface area contributed by atoms with E-state index in [9.17, 15) is 4.57 Å². The standard InChI is InChI=1S/C6H15O6P/c1-2-3-5(7)6(8)4-12-13(9,10)11/h5-8H,2-4H2,1H3,(H2,9,10,11). The van der Waals surface area contributed by atoms with Gasteiger partial charge < -0.3 is 20.0 Å². The summed E-state index contributed by atoms with van der Waals surface area (Å²) >= 11 is 0. The van der Waals surface area contributed by atoms with Crippen molar-refractivity contribution in [2.75, 3.05) is 6.61 Å². The maximum absolute atomic E-state index is 10.2. The van der Waals surface area contributed by atoms with E-state index in [0.717, 1.165) is 0 Å². The van der Waals surface area contributed by atoms with Gasteiger partial charge >= 0.3 is 7.82 Å². The Balaban J connectivity index is 3.73. The molecule has 13 heavy (non-hydrogen) atoms. The summed E-state index contributed by atoms with van der Waals surface area (Å²) in [5.74, 6) is 0. The largest absolute Gasteiger partial charge is 0.469 e. The molecule has 0 saturated heterocycles. The average molecular weight is 214 g/mol. The SMILES string of the molecule is CCCC(O)C(O)COP(=O)(O)O. The highest BCUT2D eigenvalue weighted by Gasteiger charge is 2.21. The molecule has 2 atom stereocenters. The Morgan fingerprint density at radius 3 is 2.23 bits per heavy atom. The highest BCUT2D eigenvalue weighted by Crippen LogP contribution is 2.35. The molecule has 2 unspecified atom stereocenters. The number of phosphoric ester groups is 1. The molecule has 0 spiro atoms. The molecule has 0 saturated carbocycles. The van der Waals surface area contributed by atoms with Crippen LogP contribution in [0.3, 0.4) is 0 Å². The first-order valence-electron chi connectivity index (χ1n) is 3.93. The Hall–Kier alpha value is 0.0300. The number of rotatable bonds is 6. The van der Waals surface area contributed by atoms with Crippen molar-refractivity contribution in [1.82, 2.24) is 0 Å². The lowest BCUT2D eigenvalue weighted by atomic mass is 10.1. The van der Waals surface area contributed by atoms with Crippen molar-refractivity contribution in [2.45, 2.75) is 32.0 Å². The lowest BCUT2D eigenvalue weighted by Gasteiger charge is -2.16. The van der Waals surface area contributed by atoms with E-state index in [2.05, 4.69) is 4.52 Å². The molecule has 7 heteroatoms. The average Bonchev–Trinajstić information content (AvgIpc) is 1.99. The fraction of sp³-hybridized carbons (Fsp3) is 1.00. The Morgan fingerprint density at radius 2 is 1.85 bits per heavy atom. The zero-order valence-corrected chi connectivity index (χ0v) is 8.22. The fourth-order valence-electron chi connectivity index (χ4n) is 0.773. The molecule has 0 aromatic rings. The van der Waals surface area contributed by atoms with Crippen LogP contribution in [-0.4, -0.2) is 38.8 Å². The van der Waals surface area contributed by atoms with E-state index in [0.29, 0.717) is 12.8 Å². The lowest BCUT2D eigenvalue weighted by Crippen LogP contribution is -2.29. The maximum Gasteiger partial charge on any atom is 0.469 e. The molecular weight excluding hydrogens is 199 g/mol. The molecule has 4 N–H and O–H groups in total. The number of aliphatic hydroxyl groups is 2. The molecular formula is C6H15O6P. The monoisotopic (exact) mass is 214 g/mol.